The lowest BCUT2D eigenvalue weighted by atomic mass is 9.82. The first-order valence-electron chi connectivity index (χ1n) is 8.76. The van der Waals surface area contributed by atoms with Gasteiger partial charge in [-0.2, -0.15) is 0 Å². The van der Waals surface area contributed by atoms with Crippen molar-refractivity contribution < 1.29 is 33.0 Å². The SMILES string of the molecule is CC(C)OCC(Cc1ccc(N2CCCCS2(=O)=O)cc1)(C(=O)O)C(=O)O. The number of carboxylic acid groups (broad SMARTS) is 2. The number of hydrogen-bond donors (Lipinski definition) is 2. The van der Waals surface area contributed by atoms with Crippen LogP contribution in [-0.4, -0.2) is 55.6 Å². The van der Waals surface area contributed by atoms with Crippen LogP contribution in [0.15, 0.2) is 24.3 Å². The van der Waals surface area contributed by atoms with E-state index < -0.39 is 34.0 Å². The Balaban J connectivity index is 2.26. The lowest BCUT2D eigenvalue weighted by Gasteiger charge is -2.29. The van der Waals surface area contributed by atoms with Crippen molar-refractivity contribution in [3.8, 4) is 0 Å². The summed E-state index contributed by atoms with van der Waals surface area (Å²) in [6.07, 6.45) is 0.827. The van der Waals surface area contributed by atoms with Gasteiger partial charge in [0.25, 0.3) is 0 Å². The Kier molecular flexibility index (Phi) is 6.48. The fourth-order valence-corrected chi connectivity index (χ4v) is 4.57. The third kappa shape index (κ3) is 4.78. The monoisotopic (exact) mass is 399 g/mol. The van der Waals surface area contributed by atoms with Crippen LogP contribution in [0.25, 0.3) is 0 Å². The number of ether oxygens (including phenoxy) is 1. The molecule has 0 saturated carbocycles. The summed E-state index contributed by atoms with van der Waals surface area (Å²) in [5, 5.41) is 19.1. The first-order chi connectivity index (χ1) is 12.6. The highest BCUT2D eigenvalue weighted by Crippen LogP contribution is 2.28. The molecular formula is C18H25NO7S. The highest BCUT2D eigenvalue weighted by atomic mass is 32.2. The van der Waals surface area contributed by atoms with Gasteiger partial charge in [0.15, 0.2) is 5.41 Å². The number of sulfonamides is 1. The predicted molar refractivity (Wildman–Crippen MR) is 99.3 cm³/mol. The fraction of sp³-hybridized carbons (Fsp3) is 0.556. The van der Waals surface area contributed by atoms with Gasteiger partial charge in [-0.3, -0.25) is 13.9 Å². The van der Waals surface area contributed by atoms with E-state index in [4.69, 9.17) is 4.74 Å². The van der Waals surface area contributed by atoms with Crippen LogP contribution in [0.4, 0.5) is 5.69 Å². The number of nitrogens with zero attached hydrogens (tertiary/aromatic N) is 1. The normalized spacial score (nSPS) is 17.1. The summed E-state index contributed by atoms with van der Waals surface area (Å²) >= 11 is 0. The van der Waals surface area contributed by atoms with E-state index in [1.54, 1.807) is 38.1 Å². The van der Waals surface area contributed by atoms with Crippen LogP contribution in [-0.2, 0) is 30.8 Å². The van der Waals surface area contributed by atoms with Gasteiger partial charge >= 0.3 is 11.9 Å². The molecule has 9 heteroatoms. The minimum absolute atomic E-state index is 0.0996. The largest absolute Gasteiger partial charge is 0.480 e. The van der Waals surface area contributed by atoms with Crippen molar-refractivity contribution in [1.82, 2.24) is 0 Å². The van der Waals surface area contributed by atoms with Gasteiger partial charge in [-0.05, 0) is 44.4 Å². The fourth-order valence-electron chi connectivity index (χ4n) is 2.93. The Labute approximate surface area is 158 Å². The van der Waals surface area contributed by atoms with Crippen molar-refractivity contribution in [3.63, 3.8) is 0 Å². The molecule has 0 aliphatic carbocycles. The maximum absolute atomic E-state index is 12.2. The Bertz CT molecular complexity index is 772. The van der Waals surface area contributed by atoms with Gasteiger partial charge in [-0.1, -0.05) is 12.1 Å². The zero-order chi connectivity index (χ0) is 20.2. The molecule has 0 radical (unpaired) electrons. The quantitative estimate of drug-likeness (QED) is 0.639. The Morgan fingerprint density at radius 2 is 1.74 bits per heavy atom. The zero-order valence-corrected chi connectivity index (χ0v) is 16.2. The van der Waals surface area contributed by atoms with E-state index in [2.05, 4.69) is 0 Å². The van der Waals surface area contributed by atoms with Crippen LogP contribution < -0.4 is 4.31 Å². The minimum Gasteiger partial charge on any atom is -0.480 e. The molecule has 0 unspecified atom stereocenters. The molecule has 2 rings (SSSR count). The van der Waals surface area contributed by atoms with Crippen molar-refractivity contribution in [1.29, 1.82) is 0 Å². The second-order valence-corrected chi connectivity index (χ2v) is 9.00. The Morgan fingerprint density at radius 1 is 1.15 bits per heavy atom. The summed E-state index contributed by atoms with van der Waals surface area (Å²) in [7, 11) is -3.34. The molecule has 0 amide bonds. The summed E-state index contributed by atoms with van der Waals surface area (Å²) in [5.41, 5.74) is -1.14. The molecule has 0 bridgehead atoms. The predicted octanol–water partition coefficient (Wildman–Crippen LogP) is 1.74. The third-order valence-electron chi connectivity index (χ3n) is 4.56. The molecule has 27 heavy (non-hydrogen) atoms. The number of carbonyl (C=O) groups is 2. The summed E-state index contributed by atoms with van der Waals surface area (Å²) in [5.74, 6) is -2.85. The molecule has 150 valence electrons. The van der Waals surface area contributed by atoms with E-state index in [0.717, 1.165) is 6.42 Å². The van der Waals surface area contributed by atoms with Gasteiger partial charge in [0, 0.05) is 13.0 Å². The van der Waals surface area contributed by atoms with Crippen molar-refractivity contribution in [2.45, 2.75) is 39.2 Å². The highest BCUT2D eigenvalue weighted by Gasteiger charge is 2.47. The van der Waals surface area contributed by atoms with Crippen molar-refractivity contribution in [3.05, 3.63) is 29.8 Å². The van der Waals surface area contributed by atoms with Crippen molar-refractivity contribution in [2.24, 2.45) is 5.41 Å². The molecule has 1 heterocycles. The molecule has 1 saturated heterocycles. The average Bonchev–Trinajstić information content (AvgIpc) is 2.58. The number of carboxylic acids is 2. The molecule has 0 aromatic heterocycles. The summed E-state index contributed by atoms with van der Waals surface area (Å²) in [6, 6.07) is 6.29. The van der Waals surface area contributed by atoms with Crippen LogP contribution in [0.2, 0.25) is 0 Å². The van der Waals surface area contributed by atoms with Crippen LogP contribution in [0, 0.1) is 5.41 Å². The first kappa shape index (κ1) is 21.2. The summed E-state index contributed by atoms with van der Waals surface area (Å²) in [4.78, 5) is 23.5. The molecule has 1 aromatic carbocycles. The lowest BCUT2D eigenvalue weighted by molar-refractivity contribution is -0.170. The van der Waals surface area contributed by atoms with Crippen molar-refractivity contribution in [2.75, 3.05) is 23.2 Å². The zero-order valence-electron chi connectivity index (χ0n) is 15.4. The molecule has 8 nitrogen and oxygen atoms in total. The summed E-state index contributed by atoms with van der Waals surface area (Å²) < 4.78 is 31.0. The van der Waals surface area contributed by atoms with Gasteiger partial charge < -0.3 is 14.9 Å². The topological polar surface area (TPSA) is 121 Å². The second kappa shape index (κ2) is 8.26. The number of rotatable bonds is 8. The average molecular weight is 399 g/mol. The maximum Gasteiger partial charge on any atom is 0.323 e. The molecule has 1 aliphatic heterocycles. The number of hydrogen-bond acceptors (Lipinski definition) is 5. The van der Waals surface area contributed by atoms with E-state index in [1.165, 1.54) is 4.31 Å². The minimum atomic E-state index is -3.34. The Hall–Kier alpha value is -2.13. The number of benzene rings is 1. The van der Waals surface area contributed by atoms with Gasteiger partial charge in [0.1, 0.15) is 0 Å². The van der Waals surface area contributed by atoms with E-state index in [1.807, 2.05) is 0 Å². The van der Waals surface area contributed by atoms with Crippen LogP contribution in [0.3, 0.4) is 0 Å². The van der Waals surface area contributed by atoms with E-state index in [0.29, 0.717) is 24.2 Å². The van der Waals surface area contributed by atoms with E-state index in [-0.39, 0.29) is 18.3 Å². The first-order valence-corrected chi connectivity index (χ1v) is 10.4. The lowest BCUT2D eigenvalue weighted by Crippen LogP contribution is -2.46. The molecule has 0 atom stereocenters. The van der Waals surface area contributed by atoms with Gasteiger partial charge in [0.05, 0.1) is 24.2 Å². The molecule has 1 aromatic rings. The second-order valence-electron chi connectivity index (χ2n) is 6.99. The van der Waals surface area contributed by atoms with Crippen molar-refractivity contribution >= 4 is 27.6 Å². The maximum atomic E-state index is 12.2. The number of aliphatic carboxylic acids is 2. The third-order valence-corrected chi connectivity index (χ3v) is 6.43. The molecular weight excluding hydrogens is 374 g/mol. The highest BCUT2D eigenvalue weighted by molar-refractivity contribution is 7.92. The molecule has 1 aliphatic rings. The smallest absolute Gasteiger partial charge is 0.323 e. The van der Waals surface area contributed by atoms with Gasteiger partial charge in [0.2, 0.25) is 10.0 Å². The summed E-state index contributed by atoms with van der Waals surface area (Å²) in [6.45, 7) is 3.33. The van der Waals surface area contributed by atoms with Crippen LogP contribution in [0.5, 0.6) is 0 Å². The Morgan fingerprint density at radius 3 is 2.22 bits per heavy atom. The standard InChI is InChI=1S/C18H25NO7S/c1-13(2)26-12-18(16(20)21,17(22)23)11-14-5-7-15(8-6-14)19-9-3-4-10-27(19,24)25/h5-8,13H,3-4,9-12H2,1-2H3,(H,20,21)(H,22,23). The molecule has 1 fully saturated rings. The van der Waals surface area contributed by atoms with Crippen LogP contribution in [0.1, 0.15) is 32.3 Å². The van der Waals surface area contributed by atoms with Gasteiger partial charge in [-0.15, -0.1) is 0 Å². The number of anilines is 1. The van der Waals surface area contributed by atoms with Gasteiger partial charge in [-0.25, -0.2) is 8.42 Å². The van der Waals surface area contributed by atoms with E-state index >= 15 is 0 Å². The van der Waals surface area contributed by atoms with E-state index in [9.17, 15) is 28.2 Å². The molecule has 2 N–H and O–H groups in total. The molecule has 0 spiro atoms. The van der Waals surface area contributed by atoms with Crippen LogP contribution >= 0.6 is 0 Å².